The lowest BCUT2D eigenvalue weighted by Crippen LogP contribution is -2.28. The minimum absolute atomic E-state index is 0.0490. The van der Waals surface area contributed by atoms with Gasteiger partial charge < -0.3 is 15.0 Å². The molecule has 0 radical (unpaired) electrons. The summed E-state index contributed by atoms with van der Waals surface area (Å²) in [7, 11) is 1.58. The number of rotatable bonds is 4. The van der Waals surface area contributed by atoms with E-state index in [0.717, 1.165) is 20.9 Å². The van der Waals surface area contributed by atoms with Crippen LogP contribution in [0, 0.1) is 12.8 Å². The average Bonchev–Trinajstić information content (AvgIpc) is 3.22. The first kappa shape index (κ1) is 17.5. The van der Waals surface area contributed by atoms with E-state index in [0.29, 0.717) is 18.0 Å². The van der Waals surface area contributed by atoms with Crippen molar-refractivity contribution in [1.29, 1.82) is 0 Å². The van der Waals surface area contributed by atoms with Gasteiger partial charge in [0.15, 0.2) is 0 Å². The standard InChI is InChI=1S/C20H19N3O3S/c1-12-21-17-10-15(6-7-18(17)27-12)23-11-13(8-19(23)24)20(25)22-14-4-3-5-16(9-14)26-2/h3-7,9-10,13H,8,11H2,1-2H3,(H,22,25). The fourth-order valence-electron chi connectivity index (χ4n) is 3.28. The molecule has 1 atom stereocenters. The highest BCUT2D eigenvalue weighted by Crippen LogP contribution is 2.30. The van der Waals surface area contributed by atoms with E-state index >= 15 is 0 Å². The van der Waals surface area contributed by atoms with Crippen LogP contribution in [0.4, 0.5) is 11.4 Å². The van der Waals surface area contributed by atoms with Gasteiger partial charge in [-0.25, -0.2) is 4.98 Å². The summed E-state index contributed by atoms with van der Waals surface area (Å²) in [6, 6.07) is 13.0. The Morgan fingerprint density at radius 3 is 2.96 bits per heavy atom. The topological polar surface area (TPSA) is 71.5 Å². The predicted molar refractivity (Wildman–Crippen MR) is 106 cm³/mol. The number of ether oxygens (including phenoxy) is 1. The maximum atomic E-state index is 12.6. The summed E-state index contributed by atoms with van der Waals surface area (Å²) in [5.41, 5.74) is 2.33. The molecule has 0 saturated carbocycles. The molecule has 1 fully saturated rings. The number of aryl methyl sites for hydroxylation is 1. The Labute approximate surface area is 160 Å². The van der Waals surface area contributed by atoms with Crippen molar-refractivity contribution in [3.63, 3.8) is 0 Å². The zero-order valence-corrected chi connectivity index (χ0v) is 15.9. The van der Waals surface area contributed by atoms with Crippen LogP contribution >= 0.6 is 11.3 Å². The number of aromatic nitrogens is 1. The fourth-order valence-corrected chi connectivity index (χ4v) is 4.08. The number of methoxy groups -OCH3 is 1. The monoisotopic (exact) mass is 381 g/mol. The second-order valence-electron chi connectivity index (χ2n) is 6.51. The van der Waals surface area contributed by atoms with Crippen LogP contribution in [0.25, 0.3) is 10.2 Å². The number of fused-ring (bicyclic) bond motifs is 1. The molecule has 1 aliphatic heterocycles. The molecular weight excluding hydrogens is 362 g/mol. The van der Waals surface area contributed by atoms with Crippen molar-refractivity contribution in [3.05, 3.63) is 47.5 Å². The molecule has 0 spiro atoms. The third-order valence-electron chi connectivity index (χ3n) is 4.62. The Kier molecular flexibility index (Phi) is 4.53. The number of amides is 2. The summed E-state index contributed by atoms with van der Waals surface area (Å²) in [4.78, 5) is 31.3. The number of anilines is 2. The second kappa shape index (κ2) is 7.00. The van der Waals surface area contributed by atoms with E-state index in [9.17, 15) is 9.59 Å². The van der Waals surface area contributed by atoms with Crippen molar-refractivity contribution in [2.75, 3.05) is 23.9 Å². The molecule has 1 unspecified atom stereocenters. The summed E-state index contributed by atoms with van der Waals surface area (Å²) in [6.07, 6.45) is 0.198. The highest BCUT2D eigenvalue weighted by Gasteiger charge is 2.35. The zero-order chi connectivity index (χ0) is 19.0. The van der Waals surface area contributed by atoms with Gasteiger partial charge in [-0.3, -0.25) is 9.59 Å². The van der Waals surface area contributed by atoms with Gasteiger partial charge in [-0.15, -0.1) is 11.3 Å². The molecule has 2 aromatic carbocycles. The molecule has 4 rings (SSSR count). The summed E-state index contributed by atoms with van der Waals surface area (Å²) in [5, 5.41) is 3.87. The molecule has 1 saturated heterocycles. The van der Waals surface area contributed by atoms with Crippen LogP contribution in [0.15, 0.2) is 42.5 Å². The molecule has 2 amide bonds. The number of nitrogens with zero attached hydrogens (tertiary/aromatic N) is 2. The van der Waals surface area contributed by atoms with Crippen LogP contribution in [0.3, 0.4) is 0 Å². The molecule has 27 heavy (non-hydrogen) atoms. The molecule has 138 valence electrons. The molecule has 1 N–H and O–H groups in total. The Balaban J connectivity index is 1.49. The molecule has 2 heterocycles. The maximum absolute atomic E-state index is 12.6. The van der Waals surface area contributed by atoms with E-state index in [1.165, 1.54) is 0 Å². The molecule has 7 heteroatoms. The minimum atomic E-state index is -0.392. The van der Waals surface area contributed by atoms with E-state index in [2.05, 4.69) is 10.3 Å². The van der Waals surface area contributed by atoms with Crippen molar-refractivity contribution in [2.45, 2.75) is 13.3 Å². The van der Waals surface area contributed by atoms with Gasteiger partial charge in [0.05, 0.1) is 28.3 Å². The van der Waals surface area contributed by atoms with Gasteiger partial charge in [0.25, 0.3) is 0 Å². The lowest BCUT2D eigenvalue weighted by molar-refractivity contribution is -0.122. The van der Waals surface area contributed by atoms with E-state index in [-0.39, 0.29) is 18.2 Å². The predicted octanol–water partition coefficient (Wildman–Crippen LogP) is 3.60. The van der Waals surface area contributed by atoms with Gasteiger partial charge >= 0.3 is 0 Å². The van der Waals surface area contributed by atoms with Gasteiger partial charge in [-0.1, -0.05) is 6.07 Å². The van der Waals surface area contributed by atoms with E-state index in [4.69, 9.17) is 4.74 Å². The summed E-state index contributed by atoms with van der Waals surface area (Å²) in [5.74, 6) is 0.0668. The van der Waals surface area contributed by atoms with E-state index < -0.39 is 5.92 Å². The summed E-state index contributed by atoms with van der Waals surface area (Å²) < 4.78 is 6.26. The number of benzene rings is 2. The van der Waals surface area contributed by atoms with Gasteiger partial charge in [0.1, 0.15) is 5.75 Å². The van der Waals surface area contributed by atoms with Crippen molar-refractivity contribution in [1.82, 2.24) is 4.98 Å². The highest BCUT2D eigenvalue weighted by molar-refractivity contribution is 7.18. The maximum Gasteiger partial charge on any atom is 0.229 e. The molecule has 3 aromatic rings. The Hall–Kier alpha value is -2.93. The molecular formula is C20H19N3O3S. The van der Waals surface area contributed by atoms with Crippen LogP contribution in [0.2, 0.25) is 0 Å². The third kappa shape index (κ3) is 3.50. The number of thiazole rings is 1. The van der Waals surface area contributed by atoms with Crippen LogP contribution < -0.4 is 15.0 Å². The van der Waals surface area contributed by atoms with Gasteiger partial charge in [-0.05, 0) is 37.3 Å². The molecule has 6 nitrogen and oxygen atoms in total. The van der Waals surface area contributed by atoms with Crippen LogP contribution in [-0.2, 0) is 9.59 Å². The first-order chi connectivity index (χ1) is 13.0. The highest BCUT2D eigenvalue weighted by atomic mass is 32.1. The zero-order valence-electron chi connectivity index (χ0n) is 15.1. The van der Waals surface area contributed by atoms with Crippen molar-refractivity contribution in [3.8, 4) is 5.75 Å². The van der Waals surface area contributed by atoms with E-state index in [1.807, 2.05) is 37.3 Å². The number of nitrogens with one attached hydrogen (secondary N) is 1. The van der Waals surface area contributed by atoms with Crippen molar-refractivity contribution >= 4 is 44.7 Å². The normalized spacial score (nSPS) is 16.7. The SMILES string of the molecule is COc1cccc(NC(=O)C2CC(=O)N(c3ccc4sc(C)nc4c3)C2)c1. The lowest BCUT2D eigenvalue weighted by atomic mass is 10.1. The Morgan fingerprint density at radius 2 is 2.15 bits per heavy atom. The van der Waals surface area contributed by atoms with E-state index in [1.54, 1.807) is 35.5 Å². The number of carbonyl (C=O) groups excluding carboxylic acids is 2. The van der Waals surface area contributed by atoms with Gasteiger partial charge in [0, 0.05) is 30.4 Å². The lowest BCUT2D eigenvalue weighted by Gasteiger charge is -2.17. The molecule has 1 aliphatic rings. The minimum Gasteiger partial charge on any atom is -0.497 e. The Bertz CT molecular complexity index is 1030. The summed E-state index contributed by atoms with van der Waals surface area (Å²) >= 11 is 1.62. The van der Waals surface area contributed by atoms with Crippen molar-refractivity contribution < 1.29 is 14.3 Å². The molecule has 1 aromatic heterocycles. The largest absolute Gasteiger partial charge is 0.497 e. The fraction of sp³-hybridized carbons (Fsp3) is 0.250. The molecule has 0 bridgehead atoms. The Morgan fingerprint density at radius 1 is 1.30 bits per heavy atom. The third-order valence-corrected chi connectivity index (χ3v) is 5.57. The summed E-state index contributed by atoms with van der Waals surface area (Å²) in [6.45, 7) is 2.33. The van der Waals surface area contributed by atoms with Crippen LogP contribution in [0.5, 0.6) is 5.75 Å². The van der Waals surface area contributed by atoms with Crippen LogP contribution in [-0.4, -0.2) is 30.5 Å². The second-order valence-corrected chi connectivity index (χ2v) is 7.75. The van der Waals surface area contributed by atoms with Crippen molar-refractivity contribution in [2.24, 2.45) is 5.92 Å². The number of hydrogen-bond acceptors (Lipinski definition) is 5. The van der Waals surface area contributed by atoms with Gasteiger partial charge in [-0.2, -0.15) is 0 Å². The average molecular weight is 381 g/mol. The number of carbonyl (C=O) groups is 2. The van der Waals surface area contributed by atoms with Gasteiger partial charge in [0.2, 0.25) is 11.8 Å². The number of hydrogen-bond donors (Lipinski definition) is 1. The first-order valence-corrected chi connectivity index (χ1v) is 9.47. The quantitative estimate of drug-likeness (QED) is 0.749. The molecule has 0 aliphatic carbocycles. The first-order valence-electron chi connectivity index (χ1n) is 8.66. The van der Waals surface area contributed by atoms with Crippen LogP contribution in [0.1, 0.15) is 11.4 Å². The smallest absolute Gasteiger partial charge is 0.229 e.